The van der Waals surface area contributed by atoms with Gasteiger partial charge in [-0.2, -0.15) is 8.42 Å². The first-order chi connectivity index (χ1) is 13.0. The molecule has 0 aliphatic rings. The molecule has 0 rings (SSSR count). The third-order valence-electron chi connectivity index (χ3n) is 5.06. The van der Waals surface area contributed by atoms with Crippen LogP contribution in [-0.2, 0) is 19.7 Å². The molecule has 10 heteroatoms. The van der Waals surface area contributed by atoms with Crippen LogP contribution in [0.1, 0.15) is 90.9 Å². The second-order valence-electron chi connectivity index (χ2n) is 7.63. The molecule has 0 bridgehead atoms. The highest BCUT2D eigenvalue weighted by Crippen LogP contribution is 2.36. The molecule has 0 heterocycles. The van der Waals surface area contributed by atoms with Crippen LogP contribution in [0.3, 0.4) is 0 Å². The van der Waals surface area contributed by atoms with Crippen LogP contribution in [0.15, 0.2) is 12.2 Å². The van der Waals surface area contributed by atoms with Crippen molar-refractivity contribution in [1.82, 2.24) is 12.3 Å². The molecular formula is C20H42N2O7S. The summed E-state index contributed by atoms with van der Waals surface area (Å²) in [5.74, 6) is -5.91. The molecule has 30 heavy (non-hydrogen) atoms. The lowest BCUT2D eigenvalue weighted by molar-refractivity contribution is -0.325. The van der Waals surface area contributed by atoms with E-state index in [2.05, 4.69) is 13.5 Å². The normalized spacial score (nSPS) is 14.0. The Morgan fingerprint density at radius 1 is 0.933 bits per heavy atom. The molecule has 2 unspecified atom stereocenters. The minimum atomic E-state index is -5.27. The van der Waals surface area contributed by atoms with E-state index in [-0.39, 0.29) is 24.3 Å². The maximum atomic E-state index is 11.9. The van der Waals surface area contributed by atoms with Crippen LogP contribution in [0.4, 0.5) is 0 Å². The molecule has 0 saturated carbocycles. The SMILES string of the molecule is C=C(C)CC(C(=O)[O-])(C(CCCCCCCCCCCC)C(=O)[O-])S(=O)(=O)O.[NH4+].[NH4+]. The van der Waals surface area contributed by atoms with E-state index in [4.69, 9.17) is 0 Å². The summed E-state index contributed by atoms with van der Waals surface area (Å²) in [5.41, 5.74) is 0.108. The first-order valence-electron chi connectivity index (χ1n) is 10.0. The topological polar surface area (TPSA) is 208 Å². The van der Waals surface area contributed by atoms with Crippen molar-refractivity contribution in [3.63, 3.8) is 0 Å². The number of quaternary nitrogens is 2. The summed E-state index contributed by atoms with van der Waals surface area (Å²) in [5, 5.41) is 23.2. The van der Waals surface area contributed by atoms with E-state index in [0.29, 0.717) is 12.8 Å². The fraction of sp³-hybridized carbons (Fsp3) is 0.800. The molecular weight excluding hydrogens is 412 g/mol. The number of rotatable bonds is 17. The Labute approximate surface area is 181 Å². The van der Waals surface area contributed by atoms with Crippen LogP contribution < -0.4 is 22.5 Å². The summed E-state index contributed by atoms with van der Waals surface area (Å²) in [6.07, 6.45) is 8.90. The van der Waals surface area contributed by atoms with Crippen molar-refractivity contribution < 1.29 is 32.8 Å². The van der Waals surface area contributed by atoms with Gasteiger partial charge in [0.25, 0.3) is 10.1 Å². The summed E-state index contributed by atoms with van der Waals surface area (Å²) >= 11 is 0. The molecule has 180 valence electrons. The van der Waals surface area contributed by atoms with E-state index in [0.717, 1.165) is 25.7 Å². The Balaban J connectivity index is -0.00000364. The Kier molecular flexibility index (Phi) is 17.9. The number of hydrogen-bond acceptors (Lipinski definition) is 6. The highest BCUT2D eigenvalue weighted by Gasteiger charge is 2.51. The lowest BCUT2D eigenvalue weighted by Crippen LogP contribution is -2.62. The molecule has 0 spiro atoms. The van der Waals surface area contributed by atoms with Crippen LogP contribution in [0.25, 0.3) is 0 Å². The minimum Gasteiger partial charge on any atom is -0.550 e. The van der Waals surface area contributed by atoms with E-state index >= 15 is 0 Å². The third-order valence-corrected chi connectivity index (χ3v) is 6.58. The van der Waals surface area contributed by atoms with Crippen molar-refractivity contribution in [1.29, 1.82) is 0 Å². The van der Waals surface area contributed by atoms with E-state index in [1.165, 1.54) is 32.6 Å². The van der Waals surface area contributed by atoms with E-state index in [9.17, 15) is 32.8 Å². The fourth-order valence-corrected chi connectivity index (χ4v) is 4.75. The maximum Gasteiger partial charge on any atom is 0.277 e. The third kappa shape index (κ3) is 10.5. The zero-order valence-electron chi connectivity index (χ0n) is 19.1. The van der Waals surface area contributed by atoms with Gasteiger partial charge in [0.2, 0.25) is 0 Å². The summed E-state index contributed by atoms with van der Waals surface area (Å²) in [6, 6.07) is 0. The van der Waals surface area contributed by atoms with Crippen LogP contribution in [-0.4, -0.2) is 29.7 Å². The Morgan fingerprint density at radius 2 is 1.33 bits per heavy atom. The van der Waals surface area contributed by atoms with Gasteiger partial charge >= 0.3 is 0 Å². The average molecular weight is 455 g/mol. The molecule has 9 nitrogen and oxygen atoms in total. The molecule has 0 fully saturated rings. The van der Waals surface area contributed by atoms with Gasteiger partial charge in [0, 0.05) is 11.9 Å². The molecule has 0 aromatic heterocycles. The van der Waals surface area contributed by atoms with Crippen molar-refractivity contribution in [2.24, 2.45) is 5.92 Å². The van der Waals surface area contributed by atoms with Gasteiger partial charge in [-0.3, -0.25) is 4.55 Å². The summed E-state index contributed by atoms with van der Waals surface area (Å²) in [6.45, 7) is 6.97. The highest BCUT2D eigenvalue weighted by molar-refractivity contribution is 7.88. The van der Waals surface area contributed by atoms with Gasteiger partial charge in [0.05, 0.1) is 5.97 Å². The van der Waals surface area contributed by atoms with Gasteiger partial charge < -0.3 is 32.1 Å². The quantitative estimate of drug-likeness (QED) is 0.170. The lowest BCUT2D eigenvalue weighted by atomic mass is 9.82. The van der Waals surface area contributed by atoms with Crippen LogP contribution in [0, 0.1) is 5.92 Å². The number of carbonyl (C=O) groups is 2. The van der Waals surface area contributed by atoms with E-state index in [1.54, 1.807) is 0 Å². The summed E-state index contributed by atoms with van der Waals surface area (Å²) in [4.78, 5) is 23.2. The largest absolute Gasteiger partial charge is 0.550 e. The maximum absolute atomic E-state index is 11.9. The molecule has 0 aliphatic heterocycles. The van der Waals surface area contributed by atoms with Gasteiger partial charge in [-0.1, -0.05) is 76.7 Å². The van der Waals surface area contributed by atoms with Gasteiger partial charge in [0.1, 0.15) is 4.75 Å². The van der Waals surface area contributed by atoms with Crippen molar-refractivity contribution in [2.75, 3.05) is 0 Å². The van der Waals surface area contributed by atoms with Gasteiger partial charge in [-0.25, -0.2) is 0 Å². The highest BCUT2D eigenvalue weighted by atomic mass is 32.2. The van der Waals surface area contributed by atoms with Gasteiger partial charge in [0.15, 0.2) is 0 Å². The number of carboxylic acids is 2. The number of hydrogen-bond donors (Lipinski definition) is 3. The zero-order chi connectivity index (χ0) is 21.8. The molecule has 0 aromatic rings. The van der Waals surface area contributed by atoms with Crippen molar-refractivity contribution in [3.05, 3.63) is 12.2 Å². The second-order valence-corrected chi connectivity index (χ2v) is 9.31. The van der Waals surface area contributed by atoms with Crippen molar-refractivity contribution >= 4 is 22.1 Å². The number of carbonyl (C=O) groups excluding carboxylic acids is 2. The first-order valence-corrected chi connectivity index (χ1v) is 11.5. The molecule has 0 radical (unpaired) electrons. The van der Waals surface area contributed by atoms with Gasteiger partial charge in [-0.15, -0.1) is 6.58 Å². The molecule has 0 saturated heterocycles. The monoisotopic (exact) mass is 454 g/mol. The summed E-state index contributed by atoms with van der Waals surface area (Å²) < 4.78 is 30.3. The van der Waals surface area contributed by atoms with Crippen molar-refractivity contribution in [2.45, 2.75) is 95.6 Å². The zero-order valence-corrected chi connectivity index (χ0v) is 19.9. The predicted octanol–water partition coefficient (Wildman–Crippen LogP) is 2.76. The Hall–Kier alpha value is -1.49. The van der Waals surface area contributed by atoms with Crippen LogP contribution in [0.2, 0.25) is 0 Å². The predicted molar refractivity (Wildman–Crippen MR) is 116 cm³/mol. The molecule has 0 amide bonds. The molecule has 0 aromatic carbocycles. The number of carboxylic acid groups (broad SMARTS) is 2. The Bertz CT molecular complexity index is 623. The average Bonchev–Trinajstić information content (AvgIpc) is 2.56. The molecule has 2 atom stereocenters. The first kappa shape index (κ1) is 33.2. The van der Waals surface area contributed by atoms with E-state index in [1.807, 2.05) is 0 Å². The number of aliphatic carboxylic acids is 2. The molecule has 9 N–H and O–H groups in total. The Morgan fingerprint density at radius 3 is 1.63 bits per heavy atom. The smallest absolute Gasteiger partial charge is 0.277 e. The van der Waals surface area contributed by atoms with Crippen LogP contribution >= 0.6 is 0 Å². The van der Waals surface area contributed by atoms with E-state index < -0.39 is 39.1 Å². The van der Waals surface area contributed by atoms with Gasteiger partial charge in [-0.05, 0) is 19.8 Å². The van der Waals surface area contributed by atoms with Crippen LogP contribution in [0.5, 0.6) is 0 Å². The number of allylic oxidation sites excluding steroid dienone is 1. The minimum absolute atomic E-state index is 0. The molecule has 0 aliphatic carbocycles. The fourth-order valence-electron chi connectivity index (χ4n) is 3.54. The summed E-state index contributed by atoms with van der Waals surface area (Å²) in [7, 11) is -5.27. The number of unbranched alkanes of at least 4 members (excludes halogenated alkanes) is 9. The van der Waals surface area contributed by atoms with Crippen molar-refractivity contribution in [3.8, 4) is 0 Å². The lowest BCUT2D eigenvalue weighted by Gasteiger charge is -2.39. The second kappa shape index (κ2) is 16.2. The standard InChI is InChI=1S/C20H36O7S.2H3N/c1-4-5-6-7-8-9-10-11-12-13-14-17(18(21)22)20(19(23)24,15-16(2)3)28(25,26)27;;/h17H,2,4-15H2,1,3H3,(H,21,22)(H,23,24)(H,25,26,27);2*1H3.